The summed E-state index contributed by atoms with van der Waals surface area (Å²) in [4.78, 5) is 4.47. The summed E-state index contributed by atoms with van der Waals surface area (Å²) in [7, 11) is 1.60. The van der Waals surface area contributed by atoms with Gasteiger partial charge in [0.2, 0.25) is 5.82 Å². The number of allylic oxidation sites excluding steroid dienone is 1. The lowest BCUT2D eigenvalue weighted by Crippen LogP contribution is -1.98. The van der Waals surface area contributed by atoms with E-state index in [0.29, 0.717) is 30.2 Å². The van der Waals surface area contributed by atoms with E-state index in [9.17, 15) is 8.78 Å². The number of rotatable bonds is 8. The maximum absolute atomic E-state index is 13.5. The average Bonchev–Trinajstić information content (AvgIpc) is 3.20. The van der Waals surface area contributed by atoms with Crippen molar-refractivity contribution in [3.05, 3.63) is 65.6 Å². The van der Waals surface area contributed by atoms with Gasteiger partial charge in [0, 0.05) is 11.1 Å². The van der Waals surface area contributed by atoms with E-state index in [1.807, 2.05) is 24.3 Å². The van der Waals surface area contributed by atoms with Crippen molar-refractivity contribution in [1.82, 2.24) is 10.1 Å². The molecule has 1 aromatic heterocycles. The molecule has 0 aliphatic rings. The van der Waals surface area contributed by atoms with Crippen LogP contribution in [0.15, 0.2) is 47.0 Å². The van der Waals surface area contributed by atoms with Crippen LogP contribution in [-0.4, -0.2) is 23.8 Å². The minimum Gasteiger partial charge on any atom is -0.497 e. The Labute approximate surface area is 161 Å². The molecule has 0 unspecified atom stereocenters. The molecule has 0 radical (unpaired) electrons. The largest absolute Gasteiger partial charge is 0.497 e. The molecular formula is C21H21F2N3O2. The fourth-order valence-corrected chi connectivity index (χ4v) is 2.72. The molecule has 2 aromatic carbocycles. The molecule has 0 saturated carbocycles. The molecule has 3 aromatic rings. The average molecular weight is 385 g/mol. The summed E-state index contributed by atoms with van der Waals surface area (Å²) in [5.41, 5.74) is 7.62. The fraction of sp³-hybridized carbons (Fsp3) is 0.238. The zero-order chi connectivity index (χ0) is 19.9. The van der Waals surface area contributed by atoms with Crippen molar-refractivity contribution in [3.63, 3.8) is 0 Å². The fourth-order valence-electron chi connectivity index (χ4n) is 2.72. The number of hydrogen-bond acceptors (Lipinski definition) is 5. The van der Waals surface area contributed by atoms with Gasteiger partial charge in [-0.1, -0.05) is 11.2 Å². The van der Waals surface area contributed by atoms with E-state index < -0.39 is 11.6 Å². The third-order valence-electron chi connectivity index (χ3n) is 4.23. The third-order valence-corrected chi connectivity index (χ3v) is 4.23. The first-order valence-electron chi connectivity index (χ1n) is 8.95. The van der Waals surface area contributed by atoms with Gasteiger partial charge in [-0.2, -0.15) is 4.98 Å². The Hall–Kier alpha value is -3.06. The molecule has 0 aliphatic carbocycles. The molecule has 0 amide bonds. The molecule has 0 spiro atoms. The number of unbranched alkanes of at least 4 members (excludes halogenated alkanes) is 1. The van der Waals surface area contributed by atoms with Crippen LogP contribution in [0, 0.1) is 11.6 Å². The van der Waals surface area contributed by atoms with Crippen LogP contribution < -0.4 is 10.5 Å². The lowest BCUT2D eigenvalue weighted by molar-refractivity contribution is 0.406. The monoisotopic (exact) mass is 385 g/mol. The highest BCUT2D eigenvalue weighted by Crippen LogP contribution is 2.26. The SMILES string of the molecule is COc1ccc(-c2noc(/C(=C/c3ccc(F)c(F)c3)CCCCN)n2)cc1. The second-order valence-electron chi connectivity index (χ2n) is 6.24. The van der Waals surface area contributed by atoms with Crippen LogP contribution in [-0.2, 0) is 0 Å². The number of halogens is 2. The van der Waals surface area contributed by atoms with Crippen molar-refractivity contribution in [2.24, 2.45) is 5.73 Å². The van der Waals surface area contributed by atoms with Crippen LogP contribution in [0.2, 0.25) is 0 Å². The van der Waals surface area contributed by atoms with Crippen molar-refractivity contribution < 1.29 is 18.0 Å². The minimum atomic E-state index is -0.903. The number of methoxy groups -OCH3 is 1. The van der Waals surface area contributed by atoms with Gasteiger partial charge in [-0.3, -0.25) is 0 Å². The Morgan fingerprint density at radius 3 is 2.57 bits per heavy atom. The highest BCUT2D eigenvalue weighted by Gasteiger charge is 2.14. The quantitative estimate of drug-likeness (QED) is 0.569. The second-order valence-corrected chi connectivity index (χ2v) is 6.24. The molecule has 0 saturated heterocycles. The predicted octanol–water partition coefficient (Wildman–Crippen LogP) is 4.69. The molecule has 0 aliphatic heterocycles. The first-order chi connectivity index (χ1) is 13.6. The van der Waals surface area contributed by atoms with Gasteiger partial charge in [-0.05, 0) is 73.8 Å². The van der Waals surface area contributed by atoms with E-state index in [-0.39, 0.29) is 0 Å². The number of ether oxygens (including phenoxy) is 1. The van der Waals surface area contributed by atoms with Crippen molar-refractivity contribution >= 4 is 11.6 Å². The number of nitrogens with two attached hydrogens (primary N) is 1. The summed E-state index contributed by atoms with van der Waals surface area (Å²) in [6, 6.07) is 11.0. The van der Waals surface area contributed by atoms with Crippen LogP contribution in [0.5, 0.6) is 5.75 Å². The van der Waals surface area contributed by atoms with E-state index in [0.717, 1.165) is 41.9 Å². The summed E-state index contributed by atoms with van der Waals surface area (Å²) in [6.07, 6.45) is 3.99. The van der Waals surface area contributed by atoms with Crippen molar-refractivity contribution in [3.8, 4) is 17.1 Å². The third kappa shape index (κ3) is 4.80. The molecule has 1 heterocycles. The number of benzene rings is 2. The summed E-state index contributed by atoms with van der Waals surface area (Å²) < 4.78 is 37.3. The maximum Gasteiger partial charge on any atom is 0.254 e. The minimum absolute atomic E-state index is 0.340. The van der Waals surface area contributed by atoms with E-state index in [1.165, 1.54) is 6.07 Å². The maximum atomic E-state index is 13.5. The molecule has 3 rings (SSSR count). The van der Waals surface area contributed by atoms with Crippen molar-refractivity contribution in [2.75, 3.05) is 13.7 Å². The van der Waals surface area contributed by atoms with Gasteiger partial charge in [0.1, 0.15) is 5.75 Å². The van der Waals surface area contributed by atoms with E-state index in [4.69, 9.17) is 15.0 Å². The van der Waals surface area contributed by atoms with E-state index in [2.05, 4.69) is 10.1 Å². The number of hydrogen-bond donors (Lipinski definition) is 1. The standard InChI is InChI=1S/C21H21F2N3O2/c1-27-17-8-6-15(7-9-17)20-25-21(28-26-20)16(4-2-3-11-24)12-14-5-10-18(22)19(23)13-14/h5-10,12-13H,2-4,11,24H2,1H3/b16-12+. The number of aromatic nitrogens is 2. The molecule has 7 heteroatoms. The van der Waals surface area contributed by atoms with Crippen LogP contribution in [0.1, 0.15) is 30.7 Å². The van der Waals surface area contributed by atoms with Gasteiger partial charge < -0.3 is 15.0 Å². The van der Waals surface area contributed by atoms with Gasteiger partial charge >= 0.3 is 0 Å². The molecule has 28 heavy (non-hydrogen) atoms. The Balaban J connectivity index is 1.90. The molecule has 5 nitrogen and oxygen atoms in total. The molecule has 0 bridgehead atoms. The Bertz CT molecular complexity index is 953. The van der Waals surface area contributed by atoms with Gasteiger partial charge in [-0.15, -0.1) is 0 Å². The summed E-state index contributed by atoms with van der Waals surface area (Å²) >= 11 is 0. The van der Waals surface area contributed by atoms with Crippen LogP contribution in [0.25, 0.3) is 23.0 Å². The highest BCUT2D eigenvalue weighted by atomic mass is 19.2. The smallest absolute Gasteiger partial charge is 0.254 e. The van der Waals surface area contributed by atoms with Gasteiger partial charge in [0.25, 0.3) is 5.89 Å². The van der Waals surface area contributed by atoms with Crippen molar-refractivity contribution in [1.29, 1.82) is 0 Å². The topological polar surface area (TPSA) is 74.2 Å². The van der Waals surface area contributed by atoms with E-state index in [1.54, 1.807) is 13.2 Å². The Morgan fingerprint density at radius 2 is 1.89 bits per heavy atom. The first-order valence-corrected chi connectivity index (χ1v) is 8.95. The molecular weight excluding hydrogens is 364 g/mol. The molecule has 0 atom stereocenters. The van der Waals surface area contributed by atoms with Crippen LogP contribution in [0.3, 0.4) is 0 Å². The second kappa shape index (κ2) is 9.23. The van der Waals surface area contributed by atoms with Gasteiger partial charge in [0.05, 0.1) is 7.11 Å². The Morgan fingerprint density at radius 1 is 1.11 bits per heavy atom. The lowest BCUT2D eigenvalue weighted by atomic mass is 10.0. The Kier molecular flexibility index (Phi) is 6.49. The summed E-state index contributed by atoms with van der Waals surface area (Å²) in [5.74, 6) is -0.283. The highest BCUT2D eigenvalue weighted by molar-refractivity contribution is 5.78. The van der Waals surface area contributed by atoms with E-state index >= 15 is 0 Å². The zero-order valence-corrected chi connectivity index (χ0v) is 15.5. The molecule has 146 valence electrons. The van der Waals surface area contributed by atoms with Gasteiger partial charge in [-0.25, -0.2) is 8.78 Å². The van der Waals surface area contributed by atoms with Gasteiger partial charge in [0.15, 0.2) is 11.6 Å². The summed E-state index contributed by atoms with van der Waals surface area (Å²) in [6.45, 7) is 0.569. The first kappa shape index (κ1) is 19.7. The lowest BCUT2D eigenvalue weighted by Gasteiger charge is -2.04. The van der Waals surface area contributed by atoms with Crippen molar-refractivity contribution in [2.45, 2.75) is 19.3 Å². The van der Waals surface area contributed by atoms with Crippen LogP contribution in [0.4, 0.5) is 8.78 Å². The number of nitrogens with zero attached hydrogens (tertiary/aromatic N) is 2. The predicted molar refractivity (Wildman–Crippen MR) is 103 cm³/mol. The zero-order valence-electron chi connectivity index (χ0n) is 15.5. The van der Waals surface area contributed by atoms with Crippen LogP contribution >= 0.6 is 0 Å². The molecule has 0 fully saturated rings. The molecule has 2 N–H and O–H groups in total. The summed E-state index contributed by atoms with van der Waals surface area (Å²) in [5, 5.41) is 4.04. The normalized spacial score (nSPS) is 11.6.